The number of halogens is 3. The lowest BCUT2D eigenvalue weighted by atomic mass is 10.1. The Morgan fingerprint density at radius 3 is 2.50 bits per heavy atom. The lowest BCUT2D eigenvalue weighted by Gasteiger charge is -2.13. The summed E-state index contributed by atoms with van der Waals surface area (Å²) in [4.78, 5) is 0. The molecular weight excluding hydrogens is 271 g/mol. The lowest BCUT2D eigenvalue weighted by Crippen LogP contribution is -2.21. The Morgan fingerprint density at radius 1 is 1.39 bits per heavy atom. The van der Waals surface area contributed by atoms with E-state index in [-0.39, 0.29) is 11.3 Å². The molecular formula is C10H12F3NO3S. The molecule has 4 nitrogen and oxygen atoms in total. The van der Waals surface area contributed by atoms with Gasteiger partial charge in [-0.1, -0.05) is 12.1 Å². The molecule has 0 aliphatic carbocycles. The highest BCUT2D eigenvalue weighted by atomic mass is 32.2. The first kappa shape index (κ1) is 14.8. The summed E-state index contributed by atoms with van der Waals surface area (Å²) < 4.78 is 61.8. The monoisotopic (exact) mass is 283 g/mol. The third-order valence-corrected chi connectivity index (χ3v) is 2.97. The maximum atomic E-state index is 12.0. The molecule has 1 rings (SSSR count). The molecule has 18 heavy (non-hydrogen) atoms. The molecule has 1 atom stereocenters. The van der Waals surface area contributed by atoms with Gasteiger partial charge in [-0.15, -0.1) is 13.2 Å². The number of nitrogens with two attached hydrogens (primary N) is 1. The predicted octanol–water partition coefficient (Wildman–Crippen LogP) is 1.63. The fourth-order valence-corrected chi connectivity index (χ4v) is 2.21. The van der Waals surface area contributed by atoms with Gasteiger partial charge in [0, 0.05) is 12.3 Å². The minimum absolute atomic E-state index is 0.266. The Bertz CT molecular complexity index is 513. The van der Waals surface area contributed by atoms with Gasteiger partial charge in [0.25, 0.3) is 0 Å². The second kappa shape index (κ2) is 5.15. The van der Waals surface area contributed by atoms with E-state index in [1.54, 1.807) is 0 Å². The highest BCUT2D eigenvalue weighted by Crippen LogP contribution is 2.25. The van der Waals surface area contributed by atoms with Crippen LogP contribution in [0.3, 0.4) is 0 Å². The zero-order chi connectivity index (χ0) is 14.0. The van der Waals surface area contributed by atoms with Gasteiger partial charge in [-0.2, -0.15) is 0 Å². The highest BCUT2D eigenvalue weighted by molar-refractivity contribution is 7.90. The zero-order valence-corrected chi connectivity index (χ0v) is 10.3. The van der Waals surface area contributed by atoms with Crippen molar-refractivity contribution in [3.63, 3.8) is 0 Å². The van der Waals surface area contributed by atoms with Crippen molar-refractivity contribution in [1.82, 2.24) is 0 Å². The van der Waals surface area contributed by atoms with Gasteiger partial charge in [0.2, 0.25) is 0 Å². The fourth-order valence-electron chi connectivity index (χ4n) is 1.36. The molecule has 1 aromatic carbocycles. The zero-order valence-electron chi connectivity index (χ0n) is 9.44. The van der Waals surface area contributed by atoms with Crippen LogP contribution in [0.5, 0.6) is 5.75 Å². The predicted molar refractivity (Wildman–Crippen MR) is 59.8 cm³/mol. The van der Waals surface area contributed by atoms with Crippen LogP contribution in [0.1, 0.15) is 11.6 Å². The van der Waals surface area contributed by atoms with Crippen molar-refractivity contribution >= 4 is 9.84 Å². The van der Waals surface area contributed by atoms with Crippen molar-refractivity contribution in [1.29, 1.82) is 0 Å². The number of sulfone groups is 1. The van der Waals surface area contributed by atoms with Gasteiger partial charge in [-0.3, -0.25) is 0 Å². The number of benzene rings is 1. The number of alkyl halides is 3. The quantitative estimate of drug-likeness (QED) is 0.911. The minimum atomic E-state index is -4.79. The van der Waals surface area contributed by atoms with E-state index in [4.69, 9.17) is 5.73 Å². The standard InChI is InChI=1S/C10H12F3NO3S/c1-18(15,16)6-9(14)7-3-2-4-8(5-7)17-10(11,12)13/h2-5,9H,6,14H2,1H3. The summed E-state index contributed by atoms with van der Waals surface area (Å²) in [5.74, 6) is -0.772. The normalized spacial score (nSPS) is 14.3. The first-order valence-corrected chi connectivity index (χ1v) is 6.92. The number of rotatable bonds is 4. The van der Waals surface area contributed by atoms with E-state index in [0.717, 1.165) is 18.4 Å². The van der Waals surface area contributed by atoms with E-state index in [2.05, 4.69) is 4.74 Å². The average molecular weight is 283 g/mol. The van der Waals surface area contributed by atoms with Gasteiger partial charge >= 0.3 is 6.36 Å². The highest BCUT2D eigenvalue weighted by Gasteiger charge is 2.31. The Hall–Kier alpha value is -1.28. The van der Waals surface area contributed by atoms with Gasteiger partial charge in [0.1, 0.15) is 15.6 Å². The maximum absolute atomic E-state index is 12.0. The molecule has 0 aliphatic rings. The Labute approximate surface area is 102 Å². The van der Waals surface area contributed by atoms with Crippen molar-refractivity contribution in [3.8, 4) is 5.75 Å². The minimum Gasteiger partial charge on any atom is -0.406 e. The van der Waals surface area contributed by atoms with Crippen molar-refractivity contribution in [2.45, 2.75) is 12.4 Å². The number of hydrogen-bond donors (Lipinski definition) is 1. The summed E-state index contributed by atoms with van der Waals surface area (Å²) in [6, 6.07) is 4.06. The maximum Gasteiger partial charge on any atom is 0.573 e. The van der Waals surface area contributed by atoms with Crippen molar-refractivity contribution in [2.24, 2.45) is 5.73 Å². The average Bonchev–Trinajstić information content (AvgIpc) is 2.12. The van der Waals surface area contributed by atoms with Crippen LogP contribution in [0.25, 0.3) is 0 Å². The molecule has 0 heterocycles. The van der Waals surface area contributed by atoms with Gasteiger partial charge in [0.15, 0.2) is 0 Å². The SMILES string of the molecule is CS(=O)(=O)CC(N)c1cccc(OC(F)(F)F)c1. The second-order valence-corrected chi connectivity index (χ2v) is 6.00. The molecule has 0 saturated carbocycles. The molecule has 1 unspecified atom stereocenters. The molecule has 0 spiro atoms. The summed E-state index contributed by atoms with van der Waals surface area (Å²) in [6.45, 7) is 0. The fraction of sp³-hybridized carbons (Fsp3) is 0.400. The summed E-state index contributed by atoms with van der Waals surface area (Å²) in [5, 5.41) is 0. The molecule has 8 heteroatoms. The van der Waals surface area contributed by atoms with Crippen molar-refractivity contribution < 1.29 is 26.3 Å². The summed E-state index contributed by atoms with van der Waals surface area (Å²) in [5.41, 5.74) is 5.86. The molecule has 0 saturated heterocycles. The van der Waals surface area contributed by atoms with Crippen LogP contribution in [0.4, 0.5) is 13.2 Å². The Kier molecular flexibility index (Phi) is 4.23. The first-order chi connectivity index (χ1) is 8.07. The van der Waals surface area contributed by atoms with Gasteiger partial charge < -0.3 is 10.5 Å². The molecule has 0 fully saturated rings. The largest absolute Gasteiger partial charge is 0.573 e. The second-order valence-electron chi connectivity index (χ2n) is 3.82. The Balaban J connectivity index is 2.88. The van der Waals surface area contributed by atoms with E-state index in [9.17, 15) is 21.6 Å². The summed E-state index contributed by atoms with van der Waals surface area (Å²) in [6.07, 6.45) is -3.79. The number of hydrogen-bond acceptors (Lipinski definition) is 4. The topological polar surface area (TPSA) is 69.4 Å². The molecule has 102 valence electrons. The smallest absolute Gasteiger partial charge is 0.406 e. The third kappa shape index (κ3) is 5.37. The summed E-state index contributed by atoms with van der Waals surface area (Å²) in [7, 11) is -3.31. The van der Waals surface area contributed by atoms with Crippen LogP contribution >= 0.6 is 0 Å². The van der Waals surface area contributed by atoms with Crippen LogP contribution in [-0.4, -0.2) is 26.8 Å². The van der Waals surface area contributed by atoms with E-state index < -0.39 is 28.0 Å². The molecule has 0 aliphatic heterocycles. The van der Waals surface area contributed by atoms with Gasteiger partial charge in [0.05, 0.1) is 5.75 Å². The third-order valence-electron chi connectivity index (χ3n) is 2.00. The molecule has 0 radical (unpaired) electrons. The van der Waals surface area contributed by atoms with Gasteiger partial charge in [-0.25, -0.2) is 8.42 Å². The molecule has 0 bridgehead atoms. The van der Waals surface area contributed by atoms with Gasteiger partial charge in [-0.05, 0) is 17.7 Å². The van der Waals surface area contributed by atoms with Crippen LogP contribution in [0, 0.1) is 0 Å². The molecule has 2 N–H and O–H groups in total. The van der Waals surface area contributed by atoms with Crippen LogP contribution < -0.4 is 10.5 Å². The van der Waals surface area contributed by atoms with Crippen molar-refractivity contribution in [3.05, 3.63) is 29.8 Å². The van der Waals surface area contributed by atoms with Crippen LogP contribution in [-0.2, 0) is 9.84 Å². The Morgan fingerprint density at radius 2 is 2.00 bits per heavy atom. The van der Waals surface area contributed by atoms with E-state index in [1.165, 1.54) is 12.1 Å². The summed E-state index contributed by atoms with van der Waals surface area (Å²) >= 11 is 0. The van der Waals surface area contributed by atoms with Crippen LogP contribution in [0.15, 0.2) is 24.3 Å². The van der Waals surface area contributed by atoms with Crippen LogP contribution in [0.2, 0.25) is 0 Å². The molecule has 1 aromatic rings. The molecule has 0 amide bonds. The van der Waals surface area contributed by atoms with E-state index in [0.29, 0.717) is 0 Å². The molecule has 0 aromatic heterocycles. The first-order valence-electron chi connectivity index (χ1n) is 4.86. The lowest BCUT2D eigenvalue weighted by molar-refractivity contribution is -0.274. The van der Waals surface area contributed by atoms with Crippen molar-refractivity contribution in [2.75, 3.05) is 12.0 Å². The number of ether oxygens (including phenoxy) is 1. The van der Waals surface area contributed by atoms with E-state index >= 15 is 0 Å². The van der Waals surface area contributed by atoms with E-state index in [1.807, 2.05) is 0 Å².